The molecule has 0 saturated heterocycles. The summed E-state index contributed by atoms with van der Waals surface area (Å²) in [6.07, 6.45) is 0. The largest absolute Gasteiger partial charge is 0.488 e. The summed E-state index contributed by atoms with van der Waals surface area (Å²) in [5, 5.41) is 17.9. The molecule has 2 aromatic rings. The van der Waals surface area contributed by atoms with E-state index in [1.54, 1.807) is 0 Å². The minimum atomic E-state index is -1.67. The lowest BCUT2D eigenvalue weighted by Crippen LogP contribution is -2.30. The second kappa shape index (κ2) is 6.99. The van der Waals surface area contributed by atoms with E-state index in [0.29, 0.717) is 12.2 Å². The lowest BCUT2D eigenvalue weighted by molar-refractivity contribution is 0.105. The Morgan fingerprint density at radius 2 is 1.90 bits per heavy atom. The second-order valence-electron chi connectivity index (χ2n) is 4.35. The van der Waals surface area contributed by atoms with Crippen LogP contribution in [0.15, 0.2) is 46.9 Å². The Balaban J connectivity index is 1.94. The number of ether oxygens (including phenoxy) is 1. The second-order valence-corrected chi connectivity index (χ2v) is 5.26. The first kappa shape index (κ1) is 15.2. The summed E-state index contributed by atoms with van der Waals surface area (Å²) in [6.45, 7) is 0.503. The van der Waals surface area contributed by atoms with Gasteiger partial charge in [0.2, 0.25) is 0 Å². The first-order valence-electron chi connectivity index (χ1n) is 6.03. The summed E-state index contributed by atoms with van der Waals surface area (Å²) in [4.78, 5) is 0. The predicted molar refractivity (Wildman–Crippen MR) is 78.9 cm³/mol. The first-order chi connectivity index (χ1) is 9.56. The van der Waals surface area contributed by atoms with E-state index in [0.717, 1.165) is 16.1 Å². The molecule has 2 aromatic carbocycles. The van der Waals surface area contributed by atoms with Gasteiger partial charge in [-0.15, -0.1) is 0 Å². The predicted octanol–water partition coefficient (Wildman–Crippen LogP) is 1.98. The zero-order valence-electron chi connectivity index (χ0n) is 10.6. The molecule has 0 radical (unpaired) electrons. The Labute approximate surface area is 125 Å². The van der Waals surface area contributed by atoms with Crippen LogP contribution in [0.1, 0.15) is 11.1 Å². The smallest absolute Gasteiger partial charge is 0.423 e. The average molecular weight is 339 g/mol. The highest BCUT2D eigenvalue weighted by atomic mass is 79.9. The molecule has 0 heterocycles. The summed E-state index contributed by atoms with van der Waals surface area (Å²) in [5.41, 5.74) is 1.49. The van der Waals surface area contributed by atoms with Crippen molar-refractivity contribution in [3.63, 3.8) is 0 Å². The van der Waals surface area contributed by atoms with Crippen LogP contribution in [0.5, 0.6) is 0 Å². The Kier molecular flexibility index (Phi) is 5.31. The van der Waals surface area contributed by atoms with Crippen molar-refractivity contribution in [1.82, 2.24) is 0 Å². The van der Waals surface area contributed by atoms with Crippen molar-refractivity contribution in [1.29, 1.82) is 0 Å². The van der Waals surface area contributed by atoms with Gasteiger partial charge in [0.1, 0.15) is 5.82 Å². The molecule has 0 atom stereocenters. The standard InChI is InChI=1S/C14H13BBrFO3/c16-13-3-1-2-10(6-13)8-20-9-11-4-5-12(15(18)19)7-14(11)17/h1-7,18-19H,8-9H2. The Bertz CT molecular complexity index is 592. The number of benzene rings is 2. The van der Waals surface area contributed by atoms with Crippen molar-refractivity contribution >= 4 is 28.5 Å². The number of hydrogen-bond donors (Lipinski definition) is 2. The maximum absolute atomic E-state index is 13.7. The molecule has 3 nitrogen and oxygen atoms in total. The highest BCUT2D eigenvalue weighted by molar-refractivity contribution is 9.10. The van der Waals surface area contributed by atoms with Gasteiger partial charge in [-0.3, -0.25) is 0 Å². The van der Waals surface area contributed by atoms with Gasteiger partial charge >= 0.3 is 7.12 Å². The van der Waals surface area contributed by atoms with Crippen molar-refractivity contribution < 1.29 is 19.2 Å². The van der Waals surface area contributed by atoms with Crippen LogP contribution >= 0.6 is 15.9 Å². The monoisotopic (exact) mass is 338 g/mol. The molecule has 0 saturated carbocycles. The third-order valence-corrected chi connectivity index (χ3v) is 3.28. The van der Waals surface area contributed by atoms with Gasteiger partial charge in [0.25, 0.3) is 0 Å². The fourth-order valence-corrected chi connectivity index (χ4v) is 2.19. The molecule has 0 aliphatic heterocycles. The van der Waals surface area contributed by atoms with Crippen molar-refractivity contribution in [2.75, 3.05) is 0 Å². The maximum atomic E-state index is 13.7. The number of rotatable bonds is 5. The SMILES string of the molecule is OB(O)c1ccc(COCc2cccc(Br)c2)c(F)c1. The summed E-state index contributed by atoms with van der Waals surface area (Å²) in [5.74, 6) is -0.509. The highest BCUT2D eigenvalue weighted by Gasteiger charge is 2.13. The quantitative estimate of drug-likeness (QED) is 0.820. The fraction of sp³-hybridized carbons (Fsp3) is 0.143. The number of hydrogen-bond acceptors (Lipinski definition) is 3. The van der Waals surface area contributed by atoms with Gasteiger partial charge in [-0.2, -0.15) is 0 Å². The zero-order valence-corrected chi connectivity index (χ0v) is 12.2. The van der Waals surface area contributed by atoms with E-state index in [-0.39, 0.29) is 12.1 Å². The molecule has 2 N–H and O–H groups in total. The summed E-state index contributed by atoms with van der Waals surface area (Å²) >= 11 is 3.37. The van der Waals surface area contributed by atoms with Crippen molar-refractivity contribution in [3.8, 4) is 0 Å². The van der Waals surface area contributed by atoms with Crippen molar-refractivity contribution in [3.05, 3.63) is 63.9 Å². The Morgan fingerprint density at radius 1 is 1.10 bits per heavy atom. The van der Waals surface area contributed by atoms with Crippen LogP contribution in [-0.2, 0) is 18.0 Å². The lowest BCUT2D eigenvalue weighted by atomic mass is 9.80. The number of halogens is 2. The van der Waals surface area contributed by atoms with Crippen LogP contribution in [0.2, 0.25) is 0 Å². The van der Waals surface area contributed by atoms with E-state index < -0.39 is 12.9 Å². The molecular weight excluding hydrogens is 326 g/mol. The summed E-state index contributed by atoms with van der Waals surface area (Å²) in [7, 11) is -1.67. The van der Waals surface area contributed by atoms with Gasteiger partial charge in [-0.25, -0.2) is 4.39 Å². The molecule has 0 amide bonds. The third-order valence-electron chi connectivity index (χ3n) is 2.79. The van der Waals surface area contributed by atoms with Crippen LogP contribution in [0.4, 0.5) is 4.39 Å². The maximum Gasteiger partial charge on any atom is 0.488 e. The molecule has 6 heteroatoms. The molecular formula is C14H13BBrFO3. The summed E-state index contributed by atoms with van der Waals surface area (Å²) < 4.78 is 20.1. The van der Waals surface area contributed by atoms with Crippen LogP contribution < -0.4 is 5.46 Å². The van der Waals surface area contributed by atoms with Crippen molar-refractivity contribution in [2.45, 2.75) is 13.2 Å². The van der Waals surface area contributed by atoms with E-state index in [4.69, 9.17) is 14.8 Å². The molecule has 2 rings (SSSR count). The van der Waals surface area contributed by atoms with E-state index in [1.165, 1.54) is 12.1 Å². The molecule has 0 aliphatic rings. The van der Waals surface area contributed by atoms with Crippen LogP contribution in [0.25, 0.3) is 0 Å². The molecule has 0 aliphatic carbocycles. The minimum Gasteiger partial charge on any atom is -0.423 e. The zero-order chi connectivity index (χ0) is 14.5. The topological polar surface area (TPSA) is 49.7 Å². The Morgan fingerprint density at radius 3 is 2.55 bits per heavy atom. The fourth-order valence-electron chi connectivity index (χ4n) is 1.75. The minimum absolute atomic E-state index is 0.123. The molecule has 20 heavy (non-hydrogen) atoms. The van der Waals surface area contributed by atoms with Gasteiger partial charge in [0, 0.05) is 10.0 Å². The molecule has 0 bridgehead atoms. The normalized spacial score (nSPS) is 10.6. The van der Waals surface area contributed by atoms with E-state index >= 15 is 0 Å². The van der Waals surface area contributed by atoms with Gasteiger partial charge in [-0.05, 0) is 29.2 Å². The van der Waals surface area contributed by atoms with E-state index in [1.807, 2.05) is 24.3 Å². The van der Waals surface area contributed by atoms with Gasteiger partial charge < -0.3 is 14.8 Å². The molecule has 0 unspecified atom stereocenters. The van der Waals surface area contributed by atoms with Gasteiger partial charge in [0.15, 0.2) is 0 Å². The van der Waals surface area contributed by atoms with Crippen molar-refractivity contribution in [2.24, 2.45) is 0 Å². The molecule has 0 aromatic heterocycles. The van der Waals surface area contributed by atoms with Gasteiger partial charge in [0.05, 0.1) is 13.2 Å². The third kappa shape index (κ3) is 4.14. The Hall–Kier alpha value is -1.21. The van der Waals surface area contributed by atoms with Crippen LogP contribution in [-0.4, -0.2) is 17.2 Å². The molecule has 0 fully saturated rings. The highest BCUT2D eigenvalue weighted by Crippen LogP contribution is 2.14. The van der Waals surface area contributed by atoms with E-state index in [9.17, 15) is 4.39 Å². The average Bonchev–Trinajstić information content (AvgIpc) is 2.40. The molecule has 104 valence electrons. The first-order valence-corrected chi connectivity index (χ1v) is 6.82. The van der Waals surface area contributed by atoms with Crippen LogP contribution in [0.3, 0.4) is 0 Å². The van der Waals surface area contributed by atoms with Gasteiger partial charge in [-0.1, -0.05) is 40.2 Å². The molecule has 0 spiro atoms. The lowest BCUT2D eigenvalue weighted by Gasteiger charge is -2.07. The summed E-state index contributed by atoms with van der Waals surface area (Å²) in [6, 6.07) is 11.7. The van der Waals surface area contributed by atoms with Crippen LogP contribution in [0, 0.1) is 5.82 Å². The van der Waals surface area contributed by atoms with E-state index in [2.05, 4.69) is 15.9 Å².